The van der Waals surface area contributed by atoms with Gasteiger partial charge < -0.3 is 14.0 Å². The van der Waals surface area contributed by atoms with Gasteiger partial charge in [0.1, 0.15) is 11.5 Å². The summed E-state index contributed by atoms with van der Waals surface area (Å²) in [6.45, 7) is 7.44. The Balaban J connectivity index is 1.75. The number of nitrogens with zero attached hydrogens (tertiary/aromatic N) is 2. The molecule has 4 rings (SSSR count). The highest BCUT2D eigenvalue weighted by Gasteiger charge is 2.30. The van der Waals surface area contributed by atoms with E-state index in [-0.39, 0.29) is 6.04 Å². The molecule has 4 heteroatoms. The van der Waals surface area contributed by atoms with Gasteiger partial charge in [0.15, 0.2) is 0 Å². The molecule has 158 valence electrons. The molecule has 2 heterocycles. The lowest BCUT2D eigenvalue weighted by Crippen LogP contribution is -2.29. The Morgan fingerprint density at radius 3 is 2.47 bits per heavy atom. The minimum Gasteiger partial charge on any atom is -0.497 e. The second-order valence-corrected chi connectivity index (χ2v) is 8.36. The fourth-order valence-corrected chi connectivity index (χ4v) is 4.46. The summed E-state index contributed by atoms with van der Waals surface area (Å²) in [5.41, 5.74) is 5.18. The first kappa shape index (κ1) is 20.5. The average Bonchev–Trinajstić information content (AvgIpc) is 3.15. The van der Waals surface area contributed by atoms with Gasteiger partial charge in [-0.25, -0.2) is 0 Å². The minimum absolute atomic E-state index is 0.109. The molecule has 0 spiro atoms. The van der Waals surface area contributed by atoms with Crippen LogP contribution in [0.4, 0.5) is 0 Å². The molecule has 2 aromatic carbocycles. The van der Waals surface area contributed by atoms with Gasteiger partial charge in [-0.1, -0.05) is 38.1 Å². The summed E-state index contributed by atoms with van der Waals surface area (Å²) >= 11 is 0. The van der Waals surface area contributed by atoms with Gasteiger partial charge >= 0.3 is 0 Å². The first-order valence-corrected chi connectivity index (χ1v) is 10.8. The van der Waals surface area contributed by atoms with Crippen molar-refractivity contribution in [2.75, 3.05) is 20.8 Å². The molecule has 0 saturated carbocycles. The van der Waals surface area contributed by atoms with Crippen LogP contribution in [0.2, 0.25) is 0 Å². The SMILES string of the molecule is COc1ccc(OC)c(C2c3cccn3CCCN2Cc2ccc(C(C)C)cc2)c1. The zero-order valence-electron chi connectivity index (χ0n) is 18.5. The highest BCUT2D eigenvalue weighted by molar-refractivity contribution is 5.45. The van der Waals surface area contributed by atoms with Crippen LogP contribution in [-0.2, 0) is 13.1 Å². The molecule has 0 aliphatic carbocycles. The standard InChI is InChI=1S/C26H32N2O2/c1-19(2)21-10-8-20(9-11-21)18-28-16-6-15-27-14-5-7-24(27)26(28)23-17-22(29-3)12-13-25(23)30-4/h5,7-14,17,19,26H,6,15-16,18H2,1-4H3. The first-order valence-electron chi connectivity index (χ1n) is 10.8. The number of fused-ring (bicyclic) bond motifs is 1. The van der Waals surface area contributed by atoms with Gasteiger partial charge in [0.25, 0.3) is 0 Å². The highest BCUT2D eigenvalue weighted by Crippen LogP contribution is 2.39. The van der Waals surface area contributed by atoms with Crippen molar-refractivity contribution in [3.63, 3.8) is 0 Å². The van der Waals surface area contributed by atoms with Crippen molar-refractivity contribution >= 4 is 0 Å². The molecule has 0 fully saturated rings. The molecular weight excluding hydrogens is 372 g/mol. The van der Waals surface area contributed by atoms with Gasteiger partial charge in [0.2, 0.25) is 0 Å². The van der Waals surface area contributed by atoms with Crippen molar-refractivity contribution in [3.8, 4) is 11.5 Å². The Morgan fingerprint density at radius 1 is 0.967 bits per heavy atom. The van der Waals surface area contributed by atoms with E-state index in [1.165, 1.54) is 16.8 Å². The molecule has 1 aliphatic rings. The van der Waals surface area contributed by atoms with E-state index in [4.69, 9.17) is 9.47 Å². The van der Waals surface area contributed by atoms with Gasteiger partial charge in [-0.05, 0) is 53.8 Å². The third-order valence-corrected chi connectivity index (χ3v) is 6.12. The van der Waals surface area contributed by atoms with Crippen LogP contribution in [0.1, 0.15) is 54.6 Å². The number of methoxy groups -OCH3 is 2. The molecule has 1 atom stereocenters. The third kappa shape index (κ3) is 4.10. The van der Waals surface area contributed by atoms with Gasteiger partial charge in [0, 0.05) is 37.1 Å². The van der Waals surface area contributed by atoms with E-state index in [1.807, 2.05) is 12.1 Å². The van der Waals surface area contributed by atoms with Crippen LogP contribution in [0.3, 0.4) is 0 Å². The Kier molecular flexibility index (Phi) is 6.14. The van der Waals surface area contributed by atoms with Crippen molar-refractivity contribution in [2.24, 2.45) is 0 Å². The predicted octanol–water partition coefficient (Wildman–Crippen LogP) is 5.62. The number of ether oxygens (including phenoxy) is 2. The van der Waals surface area contributed by atoms with E-state index in [9.17, 15) is 0 Å². The molecule has 0 bridgehead atoms. The minimum atomic E-state index is 0.109. The van der Waals surface area contributed by atoms with Crippen LogP contribution in [0.5, 0.6) is 11.5 Å². The van der Waals surface area contributed by atoms with Crippen LogP contribution in [0.25, 0.3) is 0 Å². The molecule has 30 heavy (non-hydrogen) atoms. The number of rotatable bonds is 6. The zero-order valence-corrected chi connectivity index (χ0v) is 18.5. The summed E-state index contributed by atoms with van der Waals surface area (Å²) in [4.78, 5) is 2.57. The number of hydrogen-bond acceptors (Lipinski definition) is 3. The Morgan fingerprint density at radius 2 is 1.77 bits per heavy atom. The molecule has 0 N–H and O–H groups in total. The summed E-state index contributed by atoms with van der Waals surface area (Å²) in [6, 6.07) is 19.7. The molecule has 3 aromatic rings. The second-order valence-electron chi connectivity index (χ2n) is 8.36. The van der Waals surface area contributed by atoms with Crippen molar-refractivity contribution in [2.45, 2.75) is 45.3 Å². The van der Waals surface area contributed by atoms with Crippen molar-refractivity contribution in [3.05, 3.63) is 83.2 Å². The molecule has 1 aromatic heterocycles. The summed E-state index contributed by atoms with van der Waals surface area (Å²) in [7, 11) is 3.46. The van der Waals surface area contributed by atoms with E-state index in [0.717, 1.165) is 43.1 Å². The summed E-state index contributed by atoms with van der Waals surface area (Å²) in [5.74, 6) is 2.30. The topological polar surface area (TPSA) is 26.6 Å². The van der Waals surface area contributed by atoms with Crippen molar-refractivity contribution < 1.29 is 9.47 Å². The summed E-state index contributed by atoms with van der Waals surface area (Å²) < 4.78 is 13.7. The van der Waals surface area contributed by atoms with Gasteiger partial charge in [-0.15, -0.1) is 0 Å². The van der Waals surface area contributed by atoms with Crippen molar-refractivity contribution in [1.29, 1.82) is 0 Å². The molecule has 0 radical (unpaired) electrons. The zero-order chi connectivity index (χ0) is 21.1. The number of aromatic nitrogens is 1. The molecule has 1 aliphatic heterocycles. The van der Waals surface area contributed by atoms with E-state index in [2.05, 4.69) is 72.0 Å². The molecule has 0 saturated heterocycles. The predicted molar refractivity (Wildman–Crippen MR) is 121 cm³/mol. The smallest absolute Gasteiger partial charge is 0.124 e. The van der Waals surface area contributed by atoms with Crippen LogP contribution in [0.15, 0.2) is 60.8 Å². The van der Waals surface area contributed by atoms with Crippen LogP contribution in [-0.4, -0.2) is 30.2 Å². The Labute approximate surface area is 180 Å². The maximum absolute atomic E-state index is 5.78. The molecular formula is C26H32N2O2. The quantitative estimate of drug-likeness (QED) is 0.533. The third-order valence-electron chi connectivity index (χ3n) is 6.12. The van der Waals surface area contributed by atoms with E-state index in [1.54, 1.807) is 14.2 Å². The lowest BCUT2D eigenvalue weighted by atomic mass is 9.98. The van der Waals surface area contributed by atoms with E-state index >= 15 is 0 Å². The normalized spacial score (nSPS) is 16.9. The number of aryl methyl sites for hydroxylation is 1. The molecule has 0 amide bonds. The van der Waals surface area contributed by atoms with Gasteiger partial charge in [-0.2, -0.15) is 0 Å². The van der Waals surface area contributed by atoms with Crippen molar-refractivity contribution in [1.82, 2.24) is 9.47 Å². The van der Waals surface area contributed by atoms with Gasteiger partial charge in [0.05, 0.1) is 20.3 Å². The molecule has 1 unspecified atom stereocenters. The Hall–Kier alpha value is -2.72. The fourth-order valence-electron chi connectivity index (χ4n) is 4.46. The Bertz CT molecular complexity index is 975. The second kappa shape index (κ2) is 8.97. The molecule has 4 nitrogen and oxygen atoms in total. The van der Waals surface area contributed by atoms with Gasteiger partial charge in [-0.3, -0.25) is 4.90 Å². The summed E-state index contributed by atoms with van der Waals surface area (Å²) in [6.07, 6.45) is 3.31. The van der Waals surface area contributed by atoms with Crippen LogP contribution in [0, 0.1) is 0 Å². The highest BCUT2D eigenvalue weighted by atomic mass is 16.5. The lowest BCUT2D eigenvalue weighted by molar-refractivity contribution is 0.216. The van der Waals surface area contributed by atoms with Crippen LogP contribution < -0.4 is 9.47 Å². The largest absolute Gasteiger partial charge is 0.497 e. The van der Waals surface area contributed by atoms with E-state index < -0.39 is 0 Å². The first-order chi connectivity index (χ1) is 14.6. The fraction of sp³-hybridized carbons (Fsp3) is 0.385. The number of benzene rings is 2. The lowest BCUT2D eigenvalue weighted by Gasteiger charge is -2.32. The maximum atomic E-state index is 5.78. The van der Waals surface area contributed by atoms with E-state index in [0.29, 0.717) is 5.92 Å². The summed E-state index contributed by atoms with van der Waals surface area (Å²) in [5, 5.41) is 0. The monoisotopic (exact) mass is 404 g/mol. The maximum Gasteiger partial charge on any atom is 0.124 e. The van der Waals surface area contributed by atoms with Crippen LogP contribution >= 0.6 is 0 Å². The average molecular weight is 405 g/mol. The number of hydrogen-bond donors (Lipinski definition) is 0.